The second-order valence-corrected chi connectivity index (χ2v) is 8.13. The monoisotopic (exact) mass is 287 g/mol. The number of hydrogen-bond donors (Lipinski definition) is 1. The van der Waals surface area contributed by atoms with Crippen LogP contribution in [0.2, 0.25) is 0 Å². The van der Waals surface area contributed by atoms with Gasteiger partial charge < -0.3 is 10.5 Å². The number of hydrogen-bond acceptors (Lipinski definition) is 2. The Morgan fingerprint density at radius 1 is 1.14 bits per heavy atom. The van der Waals surface area contributed by atoms with Gasteiger partial charge in [-0.25, -0.2) is 0 Å². The topological polar surface area (TPSA) is 35.2 Å². The molecule has 1 saturated carbocycles. The summed E-state index contributed by atoms with van der Waals surface area (Å²) in [7, 11) is 0. The van der Waals surface area contributed by atoms with Crippen LogP contribution in [0, 0.1) is 11.3 Å². The van der Waals surface area contributed by atoms with Crippen molar-refractivity contribution in [2.75, 3.05) is 0 Å². The van der Waals surface area contributed by atoms with Crippen molar-refractivity contribution in [1.29, 1.82) is 0 Å². The van der Waals surface area contributed by atoms with Crippen LogP contribution in [0.3, 0.4) is 0 Å². The van der Waals surface area contributed by atoms with E-state index >= 15 is 0 Å². The van der Waals surface area contributed by atoms with Crippen LogP contribution >= 0.6 is 0 Å². The SMILES string of the molecule is CC(C)(C)C1CCCC2(CC1)C[C@H](N)c1ccccc1O2. The van der Waals surface area contributed by atoms with E-state index in [-0.39, 0.29) is 11.6 Å². The zero-order valence-corrected chi connectivity index (χ0v) is 13.7. The molecule has 2 unspecified atom stereocenters. The number of ether oxygens (including phenoxy) is 1. The lowest BCUT2D eigenvalue weighted by Crippen LogP contribution is -2.42. The van der Waals surface area contributed by atoms with E-state index in [1.54, 1.807) is 0 Å². The van der Waals surface area contributed by atoms with E-state index < -0.39 is 0 Å². The first-order valence-corrected chi connectivity index (χ1v) is 8.43. The Hall–Kier alpha value is -1.02. The van der Waals surface area contributed by atoms with Crippen LogP contribution in [0.1, 0.15) is 70.9 Å². The van der Waals surface area contributed by atoms with Crippen molar-refractivity contribution in [3.63, 3.8) is 0 Å². The zero-order valence-electron chi connectivity index (χ0n) is 13.7. The van der Waals surface area contributed by atoms with Crippen LogP contribution in [-0.2, 0) is 0 Å². The van der Waals surface area contributed by atoms with Gasteiger partial charge in [-0.15, -0.1) is 0 Å². The molecule has 0 amide bonds. The van der Waals surface area contributed by atoms with Gasteiger partial charge >= 0.3 is 0 Å². The third kappa shape index (κ3) is 2.96. The van der Waals surface area contributed by atoms with Crippen LogP contribution in [0.4, 0.5) is 0 Å². The lowest BCUT2D eigenvalue weighted by Gasteiger charge is -2.41. The van der Waals surface area contributed by atoms with Gasteiger partial charge in [-0.05, 0) is 49.5 Å². The fourth-order valence-electron chi connectivity index (χ4n) is 4.21. The standard InChI is InChI=1S/C19H29NO/c1-18(2,3)14-7-6-11-19(12-10-14)13-16(20)15-8-4-5-9-17(15)21-19/h4-5,8-9,14,16H,6-7,10-13,20H2,1-3H3/t14?,16-,19?/m0/s1. The van der Waals surface area contributed by atoms with E-state index in [4.69, 9.17) is 10.5 Å². The third-order valence-corrected chi connectivity index (χ3v) is 5.60. The average molecular weight is 287 g/mol. The molecule has 0 radical (unpaired) electrons. The maximum Gasteiger partial charge on any atom is 0.124 e. The molecule has 2 heteroatoms. The van der Waals surface area contributed by atoms with Gasteiger partial charge in [0.15, 0.2) is 0 Å². The number of fused-ring (bicyclic) bond motifs is 1. The highest BCUT2D eigenvalue weighted by Crippen LogP contribution is 2.47. The number of nitrogens with two attached hydrogens (primary N) is 1. The molecule has 0 bridgehead atoms. The first-order valence-electron chi connectivity index (χ1n) is 8.43. The predicted octanol–water partition coefficient (Wildman–Crippen LogP) is 4.83. The van der Waals surface area contributed by atoms with Gasteiger partial charge in [-0.1, -0.05) is 39.0 Å². The van der Waals surface area contributed by atoms with Crippen molar-refractivity contribution >= 4 is 0 Å². The van der Waals surface area contributed by atoms with Crippen molar-refractivity contribution in [3.8, 4) is 5.75 Å². The molecule has 1 spiro atoms. The highest BCUT2D eigenvalue weighted by molar-refractivity contribution is 5.38. The fourth-order valence-corrected chi connectivity index (χ4v) is 4.21. The molecule has 2 aliphatic rings. The summed E-state index contributed by atoms with van der Waals surface area (Å²) in [4.78, 5) is 0. The summed E-state index contributed by atoms with van der Waals surface area (Å²) >= 11 is 0. The highest BCUT2D eigenvalue weighted by Gasteiger charge is 2.42. The quantitative estimate of drug-likeness (QED) is 0.741. The summed E-state index contributed by atoms with van der Waals surface area (Å²) in [5.74, 6) is 1.82. The average Bonchev–Trinajstić information content (AvgIpc) is 2.61. The molecule has 1 aliphatic heterocycles. The Labute approximate surface area is 129 Å². The van der Waals surface area contributed by atoms with Gasteiger partial charge in [0.1, 0.15) is 11.4 Å². The van der Waals surface area contributed by atoms with Crippen molar-refractivity contribution in [2.24, 2.45) is 17.1 Å². The van der Waals surface area contributed by atoms with Crippen LogP contribution in [0.5, 0.6) is 5.75 Å². The van der Waals surface area contributed by atoms with Crippen LogP contribution in [0.25, 0.3) is 0 Å². The van der Waals surface area contributed by atoms with Gasteiger partial charge in [0.25, 0.3) is 0 Å². The maximum atomic E-state index is 6.49. The lowest BCUT2D eigenvalue weighted by atomic mass is 9.75. The first-order chi connectivity index (χ1) is 9.90. The summed E-state index contributed by atoms with van der Waals surface area (Å²) < 4.78 is 6.49. The first kappa shape index (κ1) is 14.9. The molecule has 116 valence electrons. The Kier molecular flexibility index (Phi) is 3.77. The molecular weight excluding hydrogens is 258 g/mol. The highest BCUT2D eigenvalue weighted by atomic mass is 16.5. The molecule has 1 aliphatic carbocycles. The molecule has 1 aromatic carbocycles. The summed E-state index contributed by atoms with van der Waals surface area (Å²) in [5, 5.41) is 0. The fraction of sp³-hybridized carbons (Fsp3) is 0.684. The number of benzene rings is 1. The molecule has 2 N–H and O–H groups in total. The van der Waals surface area contributed by atoms with E-state index in [0.717, 1.165) is 30.9 Å². The lowest BCUT2D eigenvalue weighted by molar-refractivity contribution is 0.0188. The molecule has 0 saturated heterocycles. The Morgan fingerprint density at radius 3 is 2.67 bits per heavy atom. The minimum atomic E-state index is -0.0201. The molecule has 3 atom stereocenters. The third-order valence-electron chi connectivity index (χ3n) is 5.60. The minimum Gasteiger partial charge on any atom is -0.487 e. The summed E-state index contributed by atoms with van der Waals surface area (Å²) in [6.45, 7) is 7.12. The van der Waals surface area contributed by atoms with Gasteiger partial charge in [-0.3, -0.25) is 0 Å². The van der Waals surface area contributed by atoms with Crippen LogP contribution in [0.15, 0.2) is 24.3 Å². The number of para-hydroxylation sites is 1. The van der Waals surface area contributed by atoms with Crippen LogP contribution < -0.4 is 10.5 Å². The molecule has 2 nitrogen and oxygen atoms in total. The maximum absolute atomic E-state index is 6.49. The second kappa shape index (κ2) is 5.31. The van der Waals surface area contributed by atoms with Gasteiger partial charge in [0.05, 0.1) is 0 Å². The second-order valence-electron chi connectivity index (χ2n) is 8.13. The van der Waals surface area contributed by atoms with Gasteiger partial charge in [0, 0.05) is 18.0 Å². The Balaban J connectivity index is 1.81. The summed E-state index contributed by atoms with van der Waals surface area (Å²) in [5.41, 5.74) is 8.01. The van der Waals surface area contributed by atoms with Crippen molar-refractivity contribution in [3.05, 3.63) is 29.8 Å². The molecule has 3 rings (SSSR count). The van der Waals surface area contributed by atoms with E-state index in [1.165, 1.54) is 24.8 Å². The minimum absolute atomic E-state index is 0.0201. The zero-order chi connectivity index (χ0) is 15.1. The smallest absolute Gasteiger partial charge is 0.124 e. The predicted molar refractivity (Wildman–Crippen MR) is 87.4 cm³/mol. The molecule has 1 fully saturated rings. The van der Waals surface area contributed by atoms with E-state index in [0.29, 0.717) is 5.41 Å². The summed E-state index contributed by atoms with van der Waals surface area (Å²) in [6.07, 6.45) is 7.13. The van der Waals surface area contributed by atoms with Crippen molar-refractivity contribution < 1.29 is 4.74 Å². The van der Waals surface area contributed by atoms with Crippen molar-refractivity contribution in [2.45, 2.75) is 70.9 Å². The Morgan fingerprint density at radius 2 is 1.90 bits per heavy atom. The molecule has 1 aromatic rings. The largest absolute Gasteiger partial charge is 0.487 e. The molecule has 1 heterocycles. The molecular formula is C19H29NO. The van der Waals surface area contributed by atoms with Gasteiger partial charge in [0.2, 0.25) is 0 Å². The Bertz CT molecular complexity index is 505. The molecule has 0 aromatic heterocycles. The van der Waals surface area contributed by atoms with E-state index in [9.17, 15) is 0 Å². The molecule has 21 heavy (non-hydrogen) atoms. The normalized spacial score (nSPS) is 33.1. The van der Waals surface area contributed by atoms with Crippen LogP contribution in [-0.4, -0.2) is 5.60 Å². The van der Waals surface area contributed by atoms with Gasteiger partial charge in [-0.2, -0.15) is 0 Å². The van der Waals surface area contributed by atoms with E-state index in [2.05, 4.69) is 45.0 Å². The number of rotatable bonds is 0. The summed E-state index contributed by atoms with van der Waals surface area (Å²) in [6, 6.07) is 8.44. The van der Waals surface area contributed by atoms with E-state index in [1.807, 2.05) is 0 Å². The van der Waals surface area contributed by atoms with Crippen molar-refractivity contribution in [1.82, 2.24) is 0 Å².